The van der Waals surface area contributed by atoms with Crippen LogP contribution in [0.1, 0.15) is 11.4 Å². The fraction of sp³-hybridized carbons (Fsp3) is 0.273. The molecule has 31 heavy (non-hydrogen) atoms. The molecule has 0 radical (unpaired) electrons. The number of amides is 2. The molecule has 3 heterocycles. The van der Waals surface area contributed by atoms with Crippen molar-refractivity contribution in [2.24, 2.45) is 0 Å². The number of benzene rings is 1. The van der Waals surface area contributed by atoms with E-state index in [-0.39, 0.29) is 6.03 Å². The Morgan fingerprint density at radius 1 is 1.00 bits per heavy atom. The van der Waals surface area contributed by atoms with Crippen molar-refractivity contribution in [2.75, 3.05) is 41.7 Å². The molecule has 0 aliphatic carbocycles. The summed E-state index contributed by atoms with van der Waals surface area (Å²) in [6.07, 6.45) is 1.76. The molecule has 4 rings (SSSR count). The summed E-state index contributed by atoms with van der Waals surface area (Å²) in [5.41, 5.74) is 1.73. The van der Waals surface area contributed by atoms with Gasteiger partial charge in [0.25, 0.3) is 0 Å². The van der Waals surface area contributed by atoms with E-state index in [1.54, 1.807) is 23.2 Å². The van der Waals surface area contributed by atoms with Gasteiger partial charge in [-0.3, -0.25) is 0 Å². The molecule has 2 amide bonds. The van der Waals surface area contributed by atoms with Gasteiger partial charge >= 0.3 is 6.03 Å². The monoisotopic (exact) mass is 437 g/mol. The average molecular weight is 438 g/mol. The summed E-state index contributed by atoms with van der Waals surface area (Å²) in [5, 5.41) is 6.65. The van der Waals surface area contributed by atoms with Crippen LogP contribution in [0.5, 0.6) is 0 Å². The van der Waals surface area contributed by atoms with Crippen LogP contribution in [0.4, 0.5) is 27.9 Å². The van der Waals surface area contributed by atoms with Crippen LogP contribution < -0.4 is 15.5 Å². The third-order valence-electron chi connectivity index (χ3n) is 5.00. The van der Waals surface area contributed by atoms with Crippen LogP contribution in [-0.4, -0.2) is 52.1 Å². The van der Waals surface area contributed by atoms with E-state index >= 15 is 0 Å². The molecule has 2 N–H and O–H groups in total. The van der Waals surface area contributed by atoms with Crippen molar-refractivity contribution >= 4 is 40.8 Å². The van der Waals surface area contributed by atoms with Gasteiger partial charge < -0.3 is 20.4 Å². The Labute approximate surface area is 186 Å². The second-order valence-corrected chi connectivity index (χ2v) is 7.79. The van der Waals surface area contributed by atoms with E-state index in [9.17, 15) is 4.79 Å². The summed E-state index contributed by atoms with van der Waals surface area (Å²) in [6.45, 7) is 6.41. The maximum Gasteiger partial charge on any atom is 0.322 e. The second-order valence-electron chi connectivity index (χ2n) is 7.39. The molecule has 0 spiro atoms. The Hall–Kier alpha value is -3.39. The number of halogens is 1. The summed E-state index contributed by atoms with van der Waals surface area (Å²) in [4.78, 5) is 29.9. The molecule has 1 fully saturated rings. The molecule has 3 aromatic rings. The Morgan fingerprint density at radius 2 is 1.77 bits per heavy atom. The maximum atomic E-state index is 12.6. The van der Waals surface area contributed by atoms with E-state index in [2.05, 4.69) is 30.5 Å². The number of pyridine rings is 1. The zero-order valence-corrected chi connectivity index (χ0v) is 18.2. The molecule has 8 nitrogen and oxygen atoms in total. The minimum Gasteiger partial charge on any atom is -0.353 e. The molecule has 2 aromatic heterocycles. The Morgan fingerprint density at radius 3 is 2.52 bits per heavy atom. The lowest BCUT2D eigenvalue weighted by Crippen LogP contribution is -2.50. The number of anilines is 4. The molecule has 9 heteroatoms. The van der Waals surface area contributed by atoms with Gasteiger partial charge in [0.2, 0.25) is 0 Å². The van der Waals surface area contributed by atoms with Gasteiger partial charge in [0, 0.05) is 38.4 Å². The third kappa shape index (κ3) is 5.21. The summed E-state index contributed by atoms with van der Waals surface area (Å²) in [5.74, 6) is 2.94. The van der Waals surface area contributed by atoms with Crippen molar-refractivity contribution in [1.82, 2.24) is 19.9 Å². The van der Waals surface area contributed by atoms with Crippen LogP contribution >= 0.6 is 11.6 Å². The number of hydrogen-bond donors (Lipinski definition) is 2. The van der Waals surface area contributed by atoms with E-state index < -0.39 is 0 Å². The van der Waals surface area contributed by atoms with Crippen molar-refractivity contribution < 1.29 is 4.79 Å². The lowest BCUT2D eigenvalue weighted by molar-refractivity contribution is 0.208. The van der Waals surface area contributed by atoms with Gasteiger partial charge in [-0.15, -0.1) is 0 Å². The summed E-state index contributed by atoms with van der Waals surface area (Å²) < 4.78 is 0. The first-order chi connectivity index (χ1) is 15.0. The lowest BCUT2D eigenvalue weighted by atomic mass is 10.3. The number of carbonyl (C=O) groups is 1. The van der Waals surface area contributed by atoms with Crippen LogP contribution in [0.25, 0.3) is 0 Å². The first kappa shape index (κ1) is 20.9. The highest BCUT2D eigenvalue weighted by atomic mass is 35.5. The van der Waals surface area contributed by atoms with Gasteiger partial charge in [0.1, 0.15) is 23.3 Å². The number of rotatable bonds is 4. The van der Waals surface area contributed by atoms with Gasteiger partial charge in [0.05, 0.1) is 10.7 Å². The second kappa shape index (κ2) is 9.18. The fourth-order valence-corrected chi connectivity index (χ4v) is 3.59. The molecule has 1 aliphatic rings. The van der Waals surface area contributed by atoms with Crippen molar-refractivity contribution in [2.45, 2.75) is 13.8 Å². The number of aromatic nitrogens is 3. The van der Waals surface area contributed by atoms with Crippen LogP contribution in [0.2, 0.25) is 5.02 Å². The number of nitrogens with zero attached hydrogens (tertiary/aromatic N) is 5. The van der Waals surface area contributed by atoms with Crippen molar-refractivity contribution in [3.63, 3.8) is 0 Å². The lowest BCUT2D eigenvalue weighted by Gasteiger charge is -2.35. The highest BCUT2D eigenvalue weighted by Crippen LogP contribution is 2.23. The topological polar surface area (TPSA) is 86.3 Å². The molecule has 1 aromatic carbocycles. The van der Waals surface area contributed by atoms with Crippen LogP contribution in [0.3, 0.4) is 0 Å². The average Bonchev–Trinajstić information content (AvgIpc) is 2.75. The fourth-order valence-electron chi connectivity index (χ4n) is 3.41. The van der Waals surface area contributed by atoms with Crippen molar-refractivity contribution in [3.05, 3.63) is 65.1 Å². The molecule has 160 valence electrons. The zero-order valence-electron chi connectivity index (χ0n) is 17.5. The first-order valence-electron chi connectivity index (χ1n) is 10.1. The minimum atomic E-state index is -0.153. The minimum absolute atomic E-state index is 0.153. The van der Waals surface area contributed by atoms with E-state index in [0.717, 1.165) is 17.2 Å². The van der Waals surface area contributed by atoms with Gasteiger partial charge in [-0.1, -0.05) is 23.7 Å². The Kier molecular flexibility index (Phi) is 6.18. The molecule has 0 atom stereocenters. The molecule has 1 aliphatic heterocycles. The number of urea groups is 1. The highest BCUT2D eigenvalue weighted by Gasteiger charge is 2.23. The van der Waals surface area contributed by atoms with Crippen LogP contribution in [0, 0.1) is 13.8 Å². The van der Waals surface area contributed by atoms with Gasteiger partial charge in [-0.05, 0) is 43.7 Å². The van der Waals surface area contributed by atoms with Crippen molar-refractivity contribution in [3.8, 4) is 0 Å². The quantitative estimate of drug-likeness (QED) is 0.634. The number of piperazine rings is 1. The number of nitrogens with one attached hydrogen (secondary N) is 2. The number of aryl methyl sites for hydroxylation is 2. The number of para-hydroxylation sites is 1. The predicted molar refractivity (Wildman–Crippen MR) is 123 cm³/mol. The molecule has 0 bridgehead atoms. The van der Waals surface area contributed by atoms with Gasteiger partial charge in [-0.25, -0.2) is 19.7 Å². The van der Waals surface area contributed by atoms with E-state index in [0.29, 0.717) is 48.5 Å². The molecule has 0 unspecified atom stereocenters. The summed E-state index contributed by atoms with van der Waals surface area (Å²) >= 11 is 6.14. The first-order valence-corrected chi connectivity index (χ1v) is 10.5. The van der Waals surface area contributed by atoms with Crippen LogP contribution in [-0.2, 0) is 0 Å². The normalized spacial score (nSPS) is 13.8. The smallest absolute Gasteiger partial charge is 0.322 e. The molecule has 0 saturated carbocycles. The van der Waals surface area contributed by atoms with Crippen molar-refractivity contribution in [1.29, 1.82) is 0 Å². The Bertz CT molecular complexity index is 1080. The summed E-state index contributed by atoms with van der Waals surface area (Å²) in [6, 6.07) is 12.9. The van der Waals surface area contributed by atoms with E-state index in [1.165, 1.54) is 0 Å². The van der Waals surface area contributed by atoms with E-state index in [4.69, 9.17) is 11.6 Å². The standard InChI is InChI=1S/C22H24ClN7O/c1-15-7-8-24-19(13-15)28-20-14-21(26-16(2)25-20)29-9-11-30(12-10-29)22(31)27-18-6-4-3-5-17(18)23/h3-8,13-14H,9-12H2,1-2H3,(H,27,31)(H,24,25,26,28). The number of hydrogen-bond acceptors (Lipinski definition) is 6. The van der Waals surface area contributed by atoms with Gasteiger partial charge in [-0.2, -0.15) is 0 Å². The number of carbonyl (C=O) groups excluding carboxylic acids is 1. The van der Waals surface area contributed by atoms with Gasteiger partial charge in [0.15, 0.2) is 0 Å². The summed E-state index contributed by atoms with van der Waals surface area (Å²) in [7, 11) is 0. The molecule has 1 saturated heterocycles. The molecular formula is C22H24ClN7O. The predicted octanol–water partition coefficient (Wildman–Crippen LogP) is 4.24. The Balaban J connectivity index is 1.40. The maximum absolute atomic E-state index is 12.6. The molecular weight excluding hydrogens is 414 g/mol. The van der Waals surface area contributed by atoms with E-state index in [1.807, 2.05) is 44.2 Å². The largest absolute Gasteiger partial charge is 0.353 e. The van der Waals surface area contributed by atoms with Crippen LogP contribution in [0.15, 0.2) is 48.7 Å². The highest BCUT2D eigenvalue weighted by molar-refractivity contribution is 6.33. The zero-order chi connectivity index (χ0) is 21.8. The third-order valence-corrected chi connectivity index (χ3v) is 5.33. The SMILES string of the molecule is Cc1ccnc(Nc2cc(N3CCN(C(=O)Nc4ccccc4Cl)CC3)nc(C)n2)c1.